The van der Waals surface area contributed by atoms with Crippen molar-refractivity contribution in [3.8, 4) is 0 Å². The van der Waals surface area contributed by atoms with Gasteiger partial charge in [-0.25, -0.2) is 4.79 Å². The molecule has 8 nitrogen and oxygen atoms in total. The number of likely N-dealkylation sites (tertiary alicyclic amines) is 1. The van der Waals surface area contributed by atoms with E-state index in [2.05, 4.69) is 15.5 Å². The fourth-order valence-corrected chi connectivity index (χ4v) is 4.69. The van der Waals surface area contributed by atoms with Crippen molar-refractivity contribution in [1.29, 1.82) is 0 Å². The number of hydrogen-bond acceptors (Lipinski definition) is 5. The van der Waals surface area contributed by atoms with Crippen molar-refractivity contribution in [3.63, 3.8) is 0 Å². The van der Waals surface area contributed by atoms with Gasteiger partial charge in [0.25, 0.3) is 5.91 Å². The molecule has 1 saturated carbocycles. The van der Waals surface area contributed by atoms with Gasteiger partial charge in [-0.1, -0.05) is 12.8 Å². The molecule has 0 aromatic carbocycles. The van der Waals surface area contributed by atoms with Crippen LogP contribution in [0.2, 0.25) is 0 Å². The second-order valence-corrected chi connectivity index (χ2v) is 7.68. The van der Waals surface area contributed by atoms with Gasteiger partial charge in [0.1, 0.15) is 12.1 Å². The van der Waals surface area contributed by atoms with Gasteiger partial charge in [-0.15, -0.1) is 12.4 Å². The Morgan fingerprint density at radius 2 is 1.81 bits per heavy atom. The van der Waals surface area contributed by atoms with E-state index >= 15 is 0 Å². The van der Waals surface area contributed by atoms with Gasteiger partial charge in [-0.2, -0.15) is 0 Å². The monoisotopic (exact) mass is 385 g/mol. The summed E-state index contributed by atoms with van der Waals surface area (Å²) in [6.45, 7) is 5.31. The van der Waals surface area contributed by atoms with Gasteiger partial charge in [0.05, 0.1) is 0 Å². The van der Waals surface area contributed by atoms with Crippen LogP contribution in [-0.4, -0.2) is 89.9 Å². The van der Waals surface area contributed by atoms with Gasteiger partial charge in [0.2, 0.25) is 5.91 Å². The lowest BCUT2D eigenvalue weighted by molar-refractivity contribution is -0.138. The summed E-state index contributed by atoms with van der Waals surface area (Å²) in [6, 6.07) is -0.00608. The number of imide groups is 1. The van der Waals surface area contributed by atoms with Crippen LogP contribution in [0.4, 0.5) is 4.79 Å². The quantitative estimate of drug-likeness (QED) is 0.656. The molecule has 1 atom stereocenters. The summed E-state index contributed by atoms with van der Waals surface area (Å²) in [5.41, 5.74) is -0.730. The minimum absolute atomic E-state index is 0. The Hall–Kier alpha value is -1.38. The number of nitrogens with zero attached hydrogens (tertiary/aromatic N) is 3. The summed E-state index contributed by atoms with van der Waals surface area (Å²) in [6.07, 6.45) is 4.25. The van der Waals surface area contributed by atoms with Gasteiger partial charge in [0, 0.05) is 45.3 Å². The molecule has 3 saturated heterocycles. The molecule has 1 aliphatic carbocycles. The van der Waals surface area contributed by atoms with E-state index in [1.54, 1.807) is 0 Å². The Morgan fingerprint density at radius 1 is 1.12 bits per heavy atom. The zero-order valence-electron chi connectivity index (χ0n) is 15.0. The SMILES string of the molecule is Cl.O=C(CN1C(=O)NC2(CCCC2)C1=O)N1CCC(N2CCNCC2)C1. The maximum absolute atomic E-state index is 12.7. The highest BCUT2D eigenvalue weighted by molar-refractivity contribution is 6.09. The van der Waals surface area contributed by atoms with Crippen molar-refractivity contribution in [2.45, 2.75) is 43.7 Å². The Kier molecular flexibility index (Phi) is 5.74. The predicted molar refractivity (Wildman–Crippen MR) is 98.1 cm³/mol. The Labute approximate surface area is 160 Å². The first-order valence-electron chi connectivity index (χ1n) is 9.46. The van der Waals surface area contributed by atoms with E-state index in [-0.39, 0.29) is 30.8 Å². The van der Waals surface area contributed by atoms with Crippen LogP contribution in [0.1, 0.15) is 32.1 Å². The molecule has 3 aliphatic heterocycles. The van der Waals surface area contributed by atoms with Crippen molar-refractivity contribution in [3.05, 3.63) is 0 Å². The molecule has 1 unspecified atom stereocenters. The summed E-state index contributed by atoms with van der Waals surface area (Å²) < 4.78 is 0. The Balaban J connectivity index is 0.00000196. The number of urea groups is 1. The van der Waals surface area contributed by atoms with E-state index in [9.17, 15) is 14.4 Å². The number of carbonyl (C=O) groups excluding carboxylic acids is 3. The highest BCUT2D eigenvalue weighted by atomic mass is 35.5. The minimum atomic E-state index is -0.730. The average Bonchev–Trinajstić information content (AvgIpc) is 3.33. The van der Waals surface area contributed by atoms with E-state index in [4.69, 9.17) is 0 Å². The number of amides is 4. The van der Waals surface area contributed by atoms with Crippen molar-refractivity contribution < 1.29 is 14.4 Å². The number of carbonyl (C=O) groups is 3. The zero-order chi connectivity index (χ0) is 17.4. The van der Waals surface area contributed by atoms with Crippen LogP contribution in [0.15, 0.2) is 0 Å². The normalized spacial score (nSPS) is 28.5. The molecule has 3 heterocycles. The lowest BCUT2D eigenvalue weighted by atomic mass is 9.98. The van der Waals surface area contributed by atoms with E-state index in [1.165, 1.54) is 0 Å². The zero-order valence-corrected chi connectivity index (χ0v) is 15.9. The molecule has 4 aliphatic rings. The molecule has 9 heteroatoms. The van der Waals surface area contributed by atoms with E-state index in [0.717, 1.165) is 50.3 Å². The molecule has 26 heavy (non-hydrogen) atoms. The van der Waals surface area contributed by atoms with Crippen LogP contribution in [0, 0.1) is 0 Å². The first kappa shape index (κ1) is 19.4. The van der Waals surface area contributed by atoms with Crippen LogP contribution in [-0.2, 0) is 9.59 Å². The molecule has 2 N–H and O–H groups in total. The van der Waals surface area contributed by atoms with Crippen molar-refractivity contribution in [1.82, 2.24) is 25.3 Å². The van der Waals surface area contributed by atoms with Crippen molar-refractivity contribution in [2.75, 3.05) is 45.8 Å². The summed E-state index contributed by atoms with van der Waals surface area (Å²) in [5.74, 6) is -0.322. The molecule has 4 fully saturated rings. The second-order valence-electron chi connectivity index (χ2n) is 7.68. The molecular weight excluding hydrogens is 358 g/mol. The smallest absolute Gasteiger partial charge is 0.325 e. The van der Waals surface area contributed by atoms with Gasteiger partial charge in [-0.3, -0.25) is 19.4 Å². The number of piperazine rings is 1. The molecule has 146 valence electrons. The van der Waals surface area contributed by atoms with E-state index in [0.29, 0.717) is 32.0 Å². The Morgan fingerprint density at radius 3 is 2.50 bits per heavy atom. The van der Waals surface area contributed by atoms with Crippen molar-refractivity contribution >= 4 is 30.3 Å². The van der Waals surface area contributed by atoms with Crippen LogP contribution >= 0.6 is 12.4 Å². The lowest BCUT2D eigenvalue weighted by Crippen LogP contribution is -2.50. The van der Waals surface area contributed by atoms with E-state index < -0.39 is 11.6 Å². The first-order chi connectivity index (χ1) is 12.1. The molecule has 0 aromatic heterocycles. The molecule has 4 amide bonds. The topological polar surface area (TPSA) is 85.0 Å². The largest absolute Gasteiger partial charge is 0.340 e. The molecule has 0 aromatic rings. The van der Waals surface area contributed by atoms with Crippen LogP contribution in [0.5, 0.6) is 0 Å². The summed E-state index contributed by atoms with van der Waals surface area (Å²) in [7, 11) is 0. The van der Waals surface area contributed by atoms with Gasteiger partial charge >= 0.3 is 6.03 Å². The van der Waals surface area contributed by atoms with Crippen LogP contribution < -0.4 is 10.6 Å². The molecule has 1 spiro atoms. The molecule has 0 radical (unpaired) electrons. The lowest BCUT2D eigenvalue weighted by Gasteiger charge is -2.32. The fourth-order valence-electron chi connectivity index (χ4n) is 4.69. The predicted octanol–water partition coefficient (Wildman–Crippen LogP) is -0.221. The van der Waals surface area contributed by atoms with E-state index in [1.807, 2.05) is 4.90 Å². The third-order valence-electron chi connectivity index (χ3n) is 6.18. The van der Waals surface area contributed by atoms with Crippen molar-refractivity contribution in [2.24, 2.45) is 0 Å². The van der Waals surface area contributed by atoms with Gasteiger partial charge in [-0.05, 0) is 19.3 Å². The maximum atomic E-state index is 12.7. The highest BCUT2D eigenvalue weighted by Gasteiger charge is 2.53. The number of rotatable bonds is 3. The standard InChI is InChI=1S/C17H27N5O3.ClH/c23-14(21-8-3-13(11-21)20-9-6-18-7-10-20)12-22-15(24)17(19-16(22)25)4-1-2-5-17;/h13,18H,1-12H2,(H,19,25);1H. The van der Waals surface area contributed by atoms with Gasteiger partial charge < -0.3 is 15.5 Å². The highest BCUT2D eigenvalue weighted by Crippen LogP contribution is 2.35. The molecule has 0 bridgehead atoms. The number of nitrogens with one attached hydrogen (secondary N) is 2. The molecular formula is C17H28ClN5O3. The molecule has 4 rings (SSSR count). The maximum Gasteiger partial charge on any atom is 0.325 e. The first-order valence-corrected chi connectivity index (χ1v) is 9.46. The van der Waals surface area contributed by atoms with Gasteiger partial charge in [0.15, 0.2) is 0 Å². The average molecular weight is 386 g/mol. The summed E-state index contributed by atoms with van der Waals surface area (Å²) in [4.78, 5) is 42.9. The summed E-state index contributed by atoms with van der Waals surface area (Å²) >= 11 is 0. The number of hydrogen-bond donors (Lipinski definition) is 2. The summed E-state index contributed by atoms with van der Waals surface area (Å²) in [5, 5.41) is 6.18. The van der Waals surface area contributed by atoms with Crippen LogP contribution in [0.25, 0.3) is 0 Å². The minimum Gasteiger partial charge on any atom is -0.340 e. The third kappa shape index (κ3) is 3.42. The fraction of sp³-hybridized carbons (Fsp3) is 0.824. The Bertz CT molecular complexity index is 575. The van der Waals surface area contributed by atoms with Crippen LogP contribution in [0.3, 0.4) is 0 Å². The number of halogens is 1. The second kappa shape index (κ2) is 7.70. The third-order valence-corrected chi connectivity index (χ3v) is 6.18.